The molecule has 2 rings (SSSR count). The highest BCUT2D eigenvalue weighted by Crippen LogP contribution is 2.35. The molecule has 0 fully saturated rings. The second kappa shape index (κ2) is 5.91. The zero-order valence-corrected chi connectivity index (χ0v) is 11.3. The molecule has 0 aliphatic heterocycles. The SMILES string of the molecule is NC(c1ccccc1OC(F)(F)F)c1cccc(F)c1Cl. The summed E-state index contributed by atoms with van der Waals surface area (Å²) in [6.07, 6.45) is -4.85. The summed E-state index contributed by atoms with van der Waals surface area (Å²) >= 11 is 5.81. The van der Waals surface area contributed by atoms with Crippen molar-refractivity contribution in [3.8, 4) is 5.75 Å². The number of benzene rings is 2. The smallest absolute Gasteiger partial charge is 0.405 e. The van der Waals surface area contributed by atoms with Crippen molar-refractivity contribution in [2.75, 3.05) is 0 Å². The molecule has 21 heavy (non-hydrogen) atoms. The van der Waals surface area contributed by atoms with E-state index in [2.05, 4.69) is 4.74 Å². The van der Waals surface area contributed by atoms with Crippen LogP contribution >= 0.6 is 11.6 Å². The van der Waals surface area contributed by atoms with Crippen LogP contribution in [0.25, 0.3) is 0 Å². The fraction of sp³-hybridized carbons (Fsp3) is 0.143. The molecule has 2 aromatic carbocycles. The molecule has 0 amide bonds. The molecule has 2 nitrogen and oxygen atoms in total. The van der Waals surface area contributed by atoms with Gasteiger partial charge in [0.15, 0.2) is 0 Å². The summed E-state index contributed by atoms with van der Waals surface area (Å²) in [7, 11) is 0. The highest BCUT2D eigenvalue weighted by Gasteiger charge is 2.33. The molecule has 0 saturated heterocycles. The summed E-state index contributed by atoms with van der Waals surface area (Å²) in [5.41, 5.74) is 6.14. The molecule has 112 valence electrons. The topological polar surface area (TPSA) is 35.2 Å². The Hall–Kier alpha value is -1.79. The fourth-order valence-electron chi connectivity index (χ4n) is 1.88. The molecule has 0 aromatic heterocycles. The van der Waals surface area contributed by atoms with Crippen LogP contribution in [0.5, 0.6) is 5.75 Å². The third-order valence-electron chi connectivity index (χ3n) is 2.80. The van der Waals surface area contributed by atoms with Crippen molar-refractivity contribution >= 4 is 11.6 Å². The van der Waals surface area contributed by atoms with Gasteiger partial charge in [-0.15, -0.1) is 13.2 Å². The van der Waals surface area contributed by atoms with Crippen molar-refractivity contribution in [3.05, 3.63) is 64.4 Å². The first kappa shape index (κ1) is 15.6. The molecular weight excluding hydrogens is 310 g/mol. The van der Waals surface area contributed by atoms with Crippen LogP contribution in [0, 0.1) is 5.82 Å². The van der Waals surface area contributed by atoms with Gasteiger partial charge in [-0.3, -0.25) is 0 Å². The largest absolute Gasteiger partial charge is 0.573 e. The number of hydrogen-bond donors (Lipinski definition) is 1. The number of rotatable bonds is 3. The molecule has 0 saturated carbocycles. The number of para-hydroxylation sites is 1. The summed E-state index contributed by atoms with van der Waals surface area (Å²) in [6, 6.07) is 8.30. The predicted octanol–water partition coefficient (Wildman–Crippen LogP) is 4.43. The second-order valence-corrected chi connectivity index (χ2v) is 4.58. The van der Waals surface area contributed by atoms with E-state index in [-0.39, 0.29) is 16.1 Å². The average molecular weight is 320 g/mol. The maximum Gasteiger partial charge on any atom is 0.573 e. The zero-order chi connectivity index (χ0) is 15.6. The van der Waals surface area contributed by atoms with Crippen molar-refractivity contribution in [2.45, 2.75) is 12.4 Å². The molecule has 0 bridgehead atoms. The van der Waals surface area contributed by atoms with Crippen molar-refractivity contribution in [2.24, 2.45) is 5.73 Å². The average Bonchev–Trinajstić information content (AvgIpc) is 2.40. The Balaban J connectivity index is 2.44. The van der Waals surface area contributed by atoms with E-state index in [4.69, 9.17) is 17.3 Å². The lowest BCUT2D eigenvalue weighted by Gasteiger charge is -2.19. The quantitative estimate of drug-likeness (QED) is 0.850. The van der Waals surface area contributed by atoms with Gasteiger partial charge < -0.3 is 10.5 Å². The van der Waals surface area contributed by atoms with Crippen molar-refractivity contribution in [1.29, 1.82) is 0 Å². The van der Waals surface area contributed by atoms with Crippen LogP contribution in [0.1, 0.15) is 17.2 Å². The summed E-state index contributed by atoms with van der Waals surface area (Å²) in [4.78, 5) is 0. The van der Waals surface area contributed by atoms with Gasteiger partial charge in [-0.05, 0) is 17.7 Å². The lowest BCUT2D eigenvalue weighted by Crippen LogP contribution is -2.21. The van der Waals surface area contributed by atoms with E-state index in [0.29, 0.717) is 0 Å². The van der Waals surface area contributed by atoms with E-state index in [1.54, 1.807) is 0 Å². The van der Waals surface area contributed by atoms with E-state index in [9.17, 15) is 17.6 Å². The maximum atomic E-state index is 13.4. The Bertz CT molecular complexity index is 645. The van der Waals surface area contributed by atoms with Crippen LogP contribution in [-0.4, -0.2) is 6.36 Å². The Morgan fingerprint density at radius 1 is 1.00 bits per heavy atom. The van der Waals surface area contributed by atoms with E-state index >= 15 is 0 Å². The van der Waals surface area contributed by atoms with Crippen LogP contribution < -0.4 is 10.5 Å². The first-order chi connectivity index (χ1) is 9.79. The number of ether oxygens (including phenoxy) is 1. The highest BCUT2D eigenvalue weighted by atomic mass is 35.5. The van der Waals surface area contributed by atoms with Crippen molar-refractivity contribution in [1.82, 2.24) is 0 Å². The Kier molecular flexibility index (Phi) is 4.39. The van der Waals surface area contributed by atoms with Crippen LogP contribution in [0.2, 0.25) is 5.02 Å². The molecule has 0 aliphatic rings. The van der Waals surface area contributed by atoms with Gasteiger partial charge in [0.25, 0.3) is 0 Å². The first-order valence-corrected chi connectivity index (χ1v) is 6.21. The zero-order valence-electron chi connectivity index (χ0n) is 10.5. The van der Waals surface area contributed by atoms with E-state index in [1.165, 1.54) is 30.3 Å². The summed E-state index contributed by atoms with van der Waals surface area (Å²) in [5, 5.41) is -0.230. The summed E-state index contributed by atoms with van der Waals surface area (Å²) in [6.45, 7) is 0. The minimum atomic E-state index is -4.85. The van der Waals surface area contributed by atoms with E-state index < -0.39 is 24.0 Å². The van der Waals surface area contributed by atoms with Gasteiger partial charge in [0, 0.05) is 5.56 Å². The van der Waals surface area contributed by atoms with Gasteiger partial charge in [-0.2, -0.15) is 0 Å². The number of alkyl halides is 3. The third-order valence-corrected chi connectivity index (χ3v) is 3.20. The van der Waals surface area contributed by atoms with Gasteiger partial charge in [0.1, 0.15) is 11.6 Å². The van der Waals surface area contributed by atoms with Crippen LogP contribution in [0.3, 0.4) is 0 Å². The monoisotopic (exact) mass is 319 g/mol. The molecule has 0 aliphatic carbocycles. The predicted molar refractivity (Wildman–Crippen MR) is 70.6 cm³/mol. The van der Waals surface area contributed by atoms with E-state index in [0.717, 1.165) is 12.1 Å². The first-order valence-electron chi connectivity index (χ1n) is 5.84. The highest BCUT2D eigenvalue weighted by molar-refractivity contribution is 6.31. The van der Waals surface area contributed by atoms with Crippen LogP contribution in [0.4, 0.5) is 17.6 Å². The number of halogens is 5. The number of hydrogen-bond acceptors (Lipinski definition) is 2. The standard InChI is InChI=1S/C14H10ClF4NO/c15-12-9(5-3-6-10(12)16)13(20)8-4-1-2-7-11(8)21-14(17,18)19/h1-7,13H,20H2. The molecule has 0 heterocycles. The lowest BCUT2D eigenvalue weighted by atomic mass is 9.98. The Labute approximate surface area is 123 Å². The summed E-state index contributed by atoms with van der Waals surface area (Å²) in [5.74, 6) is -1.14. The van der Waals surface area contributed by atoms with Crippen molar-refractivity contribution in [3.63, 3.8) is 0 Å². The molecular formula is C14H10ClF4NO. The second-order valence-electron chi connectivity index (χ2n) is 4.21. The maximum absolute atomic E-state index is 13.4. The molecule has 0 radical (unpaired) electrons. The van der Waals surface area contributed by atoms with Crippen LogP contribution in [-0.2, 0) is 0 Å². The molecule has 1 unspecified atom stereocenters. The van der Waals surface area contributed by atoms with Gasteiger partial charge >= 0.3 is 6.36 Å². The van der Waals surface area contributed by atoms with Crippen molar-refractivity contribution < 1.29 is 22.3 Å². The minimum Gasteiger partial charge on any atom is -0.405 e. The molecule has 2 N–H and O–H groups in total. The third kappa shape index (κ3) is 3.65. The fourth-order valence-corrected chi connectivity index (χ4v) is 2.13. The van der Waals surface area contributed by atoms with Crippen LogP contribution in [0.15, 0.2) is 42.5 Å². The summed E-state index contributed by atoms with van der Waals surface area (Å²) < 4.78 is 54.5. The molecule has 7 heteroatoms. The number of nitrogens with two attached hydrogens (primary N) is 1. The van der Waals surface area contributed by atoms with Gasteiger partial charge in [-0.25, -0.2) is 4.39 Å². The van der Waals surface area contributed by atoms with Gasteiger partial charge in [0.05, 0.1) is 11.1 Å². The molecule has 0 spiro atoms. The normalized spacial score (nSPS) is 13.0. The lowest BCUT2D eigenvalue weighted by molar-refractivity contribution is -0.274. The Morgan fingerprint density at radius 2 is 1.62 bits per heavy atom. The minimum absolute atomic E-state index is 0.0577. The molecule has 2 aromatic rings. The molecule has 1 atom stereocenters. The van der Waals surface area contributed by atoms with E-state index in [1.807, 2.05) is 0 Å². The van der Waals surface area contributed by atoms with Gasteiger partial charge in [0.2, 0.25) is 0 Å². The Morgan fingerprint density at radius 3 is 2.29 bits per heavy atom. The van der Waals surface area contributed by atoms with Gasteiger partial charge in [-0.1, -0.05) is 41.9 Å².